The zero-order chi connectivity index (χ0) is 18.0. The maximum atomic E-state index is 12.5. The highest BCUT2D eigenvalue weighted by Crippen LogP contribution is 2.24. The molecule has 3 rings (SSSR count). The Morgan fingerprint density at radius 1 is 1.36 bits per heavy atom. The predicted molar refractivity (Wildman–Crippen MR) is 91.8 cm³/mol. The van der Waals surface area contributed by atoms with Gasteiger partial charge in [-0.1, -0.05) is 6.07 Å². The quantitative estimate of drug-likeness (QED) is 0.338. The Hall–Kier alpha value is -2.23. The van der Waals surface area contributed by atoms with E-state index in [2.05, 4.69) is 0 Å². The van der Waals surface area contributed by atoms with Gasteiger partial charge in [0, 0.05) is 4.70 Å². The summed E-state index contributed by atoms with van der Waals surface area (Å²) in [6.07, 6.45) is 1.44. The van der Waals surface area contributed by atoms with E-state index in [0.717, 1.165) is 10.1 Å². The summed E-state index contributed by atoms with van der Waals surface area (Å²) in [6.45, 7) is -0.00770. The second kappa shape index (κ2) is 6.95. The molecule has 1 amide bonds. The summed E-state index contributed by atoms with van der Waals surface area (Å²) in [5.74, 6) is -1.57. The monoisotopic (exact) mass is 381 g/mol. The number of hydroxylamine groups is 2. The molecule has 1 aliphatic rings. The molecule has 0 radical (unpaired) electrons. The van der Waals surface area contributed by atoms with E-state index >= 15 is 0 Å². The van der Waals surface area contributed by atoms with E-state index in [1.54, 1.807) is 23.5 Å². The fourth-order valence-corrected chi connectivity index (χ4v) is 5.08. The summed E-state index contributed by atoms with van der Waals surface area (Å²) in [5, 5.41) is 12.8. The van der Waals surface area contributed by atoms with Crippen LogP contribution in [0.5, 0.6) is 0 Å². The fourth-order valence-electron chi connectivity index (χ4n) is 2.69. The molecule has 0 saturated heterocycles. The molecule has 1 aromatic carbocycles. The van der Waals surface area contributed by atoms with Crippen molar-refractivity contribution in [3.05, 3.63) is 46.9 Å². The molecule has 0 aliphatic carbocycles. The van der Waals surface area contributed by atoms with Crippen LogP contribution in [-0.2, 0) is 29.9 Å². The van der Waals surface area contributed by atoms with Crippen molar-refractivity contribution in [1.82, 2.24) is 5.06 Å². The number of hydrogen-bond donors (Lipinski definition) is 1. The van der Waals surface area contributed by atoms with Crippen LogP contribution in [0.15, 0.2) is 41.3 Å². The number of carbonyl (C=O) groups excluding carboxylic acids is 2. The number of fused-ring (bicyclic) bond motifs is 1. The van der Waals surface area contributed by atoms with E-state index in [1.807, 2.05) is 17.5 Å². The van der Waals surface area contributed by atoms with Gasteiger partial charge in [-0.15, -0.1) is 11.3 Å². The molecule has 2 heterocycles. The summed E-state index contributed by atoms with van der Waals surface area (Å²) < 4.78 is 30.9. The topological polar surface area (TPSA) is 101 Å². The molecule has 25 heavy (non-hydrogen) atoms. The Labute approximate surface area is 148 Å². The van der Waals surface area contributed by atoms with Gasteiger partial charge in [-0.3, -0.25) is 10.0 Å². The second-order valence-corrected chi connectivity index (χ2v) is 8.66. The minimum atomic E-state index is -3.71. The van der Waals surface area contributed by atoms with E-state index < -0.39 is 27.6 Å². The van der Waals surface area contributed by atoms with Crippen molar-refractivity contribution < 1.29 is 28.0 Å². The Bertz CT molecular complexity index is 946. The lowest BCUT2D eigenvalue weighted by Crippen LogP contribution is -2.40. The number of ether oxygens (including phenoxy) is 1. The molecule has 0 fully saturated rings. The molecule has 1 N–H and O–H groups in total. The number of nitrogens with zero attached hydrogens (tertiary/aromatic N) is 1. The van der Waals surface area contributed by atoms with Gasteiger partial charge < -0.3 is 4.74 Å². The molecule has 0 bridgehead atoms. The van der Waals surface area contributed by atoms with Crippen LogP contribution in [-0.4, -0.2) is 49.5 Å². The minimum Gasteiger partial charge on any atom is -0.458 e. The van der Waals surface area contributed by atoms with Gasteiger partial charge in [0.05, 0.1) is 17.1 Å². The maximum absolute atomic E-state index is 12.5. The Morgan fingerprint density at radius 3 is 2.84 bits per heavy atom. The normalized spacial score (nSPS) is 15.7. The summed E-state index contributed by atoms with van der Waals surface area (Å²) in [6, 6.07) is 5.98. The van der Waals surface area contributed by atoms with Gasteiger partial charge in [-0.05, 0) is 40.6 Å². The van der Waals surface area contributed by atoms with Crippen LogP contribution in [0.1, 0.15) is 5.56 Å². The molecule has 1 atom stereocenters. The van der Waals surface area contributed by atoms with E-state index in [-0.39, 0.29) is 29.4 Å². The van der Waals surface area contributed by atoms with Gasteiger partial charge in [0.2, 0.25) is 6.41 Å². The average Bonchev–Trinajstić information content (AvgIpc) is 3.19. The largest absolute Gasteiger partial charge is 0.458 e. The van der Waals surface area contributed by atoms with Crippen LogP contribution < -0.4 is 0 Å². The molecule has 1 aliphatic heterocycles. The Morgan fingerprint density at radius 2 is 2.16 bits per heavy atom. The van der Waals surface area contributed by atoms with Gasteiger partial charge in [0.1, 0.15) is 12.6 Å². The third-order valence-corrected chi connectivity index (χ3v) is 6.35. The zero-order valence-electron chi connectivity index (χ0n) is 13.0. The standard InChI is InChI=1S/C16H15NO6S2/c18-10-17(20)14(13-3-5-23-16(13)19)9-25(21,22)8-11-1-2-15-12(7-11)4-6-24-15/h1-4,6-7,10,14,20H,5,8-9H2/t14-/m1/s1. The number of cyclic esters (lactones) is 1. The molecule has 1 aromatic heterocycles. The van der Waals surface area contributed by atoms with Crippen molar-refractivity contribution in [2.75, 3.05) is 12.4 Å². The van der Waals surface area contributed by atoms with Crippen molar-refractivity contribution in [3.63, 3.8) is 0 Å². The molecule has 0 spiro atoms. The lowest BCUT2D eigenvalue weighted by atomic mass is 10.1. The Kier molecular flexibility index (Phi) is 4.89. The molecule has 2 aromatic rings. The highest BCUT2D eigenvalue weighted by molar-refractivity contribution is 7.90. The number of hydrogen-bond acceptors (Lipinski definition) is 7. The number of amides is 1. The van der Waals surface area contributed by atoms with E-state index in [1.165, 1.54) is 6.08 Å². The average molecular weight is 381 g/mol. The van der Waals surface area contributed by atoms with Crippen LogP contribution >= 0.6 is 11.3 Å². The third kappa shape index (κ3) is 3.89. The number of esters is 1. The van der Waals surface area contributed by atoms with Crippen molar-refractivity contribution in [1.29, 1.82) is 0 Å². The second-order valence-electron chi connectivity index (χ2n) is 5.61. The van der Waals surface area contributed by atoms with E-state index in [9.17, 15) is 23.2 Å². The maximum Gasteiger partial charge on any atom is 0.336 e. The van der Waals surface area contributed by atoms with Gasteiger partial charge in [0.25, 0.3) is 0 Å². The minimum absolute atomic E-state index is 0.00770. The summed E-state index contributed by atoms with van der Waals surface area (Å²) in [5.41, 5.74) is 0.565. The zero-order valence-corrected chi connectivity index (χ0v) is 14.6. The highest BCUT2D eigenvalue weighted by Gasteiger charge is 2.33. The first kappa shape index (κ1) is 17.6. The van der Waals surface area contributed by atoms with Gasteiger partial charge in [-0.2, -0.15) is 0 Å². The molecule has 132 valence electrons. The first-order valence-corrected chi connectivity index (χ1v) is 10.1. The number of benzene rings is 1. The summed E-state index contributed by atoms with van der Waals surface area (Å²) in [7, 11) is -3.71. The number of thiophene rings is 1. The lowest BCUT2D eigenvalue weighted by molar-refractivity contribution is -0.156. The van der Waals surface area contributed by atoms with Crippen LogP contribution in [0.4, 0.5) is 0 Å². The van der Waals surface area contributed by atoms with Crippen molar-refractivity contribution in [2.45, 2.75) is 11.8 Å². The van der Waals surface area contributed by atoms with Crippen LogP contribution in [0.25, 0.3) is 10.1 Å². The number of rotatable bonds is 7. The van der Waals surface area contributed by atoms with Crippen molar-refractivity contribution in [2.24, 2.45) is 0 Å². The first-order valence-electron chi connectivity index (χ1n) is 7.36. The highest BCUT2D eigenvalue weighted by atomic mass is 32.2. The lowest BCUT2D eigenvalue weighted by Gasteiger charge is -2.22. The van der Waals surface area contributed by atoms with E-state index in [0.29, 0.717) is 5.56 Å². The SMILES string of the molecule is O=CN(O)[C@H](CS(=O)(=O)Cc1ccc2sccc2c1)C1=CCOC1=O. The van der Waals surface area contributed by atoms with Gasteiger partial charge in [-0.25, -0.2) is 18.3 Å². The molecular weight excluding hydrogens is 366 g/mol. The van der Waals surface area contributed by atoms with Crippen LogP contribution in [0, 0.1) is 0 Å². The summed E-state index contributed by atoms with van der Waals surface area (Å²) >= 11 is 1.56. The first-order chi connectivity index (χ1) is 11.9. The van der Waals surface area contributed by atoms with Crippen molar-refractivity contribution >= 4 is 43.6 Å². The number of sulfone groups is 1. The molecular formula is C16H15NO6S2. The van der Waals surface area contributed by atoms with Crippen LogP contribution in [0.2, 0.25) is 0 Å². The summed E-state index contributed by atoms with van der Waals surface area (Å²) in [4.78, 5) is 22.5. The smallest absolute Gasteiger partial charge is 0.336 e. The third-order valence-electron chi connectivity index (χ3n) is 3.85. The number of carbonyl (C=O) groups is 2. The Balaban J connectivity index is 1.82. The van der Waals surface area contributed by atoms with Gasteiger partial charge >= 0.3 is 5.97 Å². The predicted octanol–water partition coefficient (Wildman–Crippen LogP) is 1.52. The molecule has 9 heteroatoms. The molecule has 0 saturated carbocycles. The van der Waals surface area contributed by atoms with Gasteiger partial charge in [0.15, 0.2) is 9.84 Å². The molecule has 7 nitrogen and oxygen atoms in total. The van der Waals surface area contributed by atoms with E-state index in [4.69, 9.17) is 4.74 Å². The molecule has 0 unspecified atom stereocenters. The van der Waals surface area contributed by atoms with Crippen molar-refractivity contribution in [3.8, 4) is 0 Å². The fraction of sp³-hybridized carbons (Fsp3) is 0.250. The van der Waals surface area contributed by atoms with Crippen LogP contribution in [0.3, 0.4) is 0 Å².